The lowest BCUT2D eigenvalue weighted by molar-refractivity contribution is 0.100. The van der Waals surface area contributed by atoms with Crippen molar-refractivity contribution < 1.29 is 9.53 Å². The Labute approximate surface area is 106 Å². The minimum absolute atomic E-state index is 0.0509. The molecule has 0 radical (unpaired) electrons. The number of pyridine rings is 1. The molecule has 0 aliphatic carbocycles. The number of ether oxygens (including phenoxy) is 1. The van der Waals surface area contributed by atoms with Crippen molar-refractivity contribution in [2.75, 3.05) is 0 Å². The Kier molecular flexibility index (Phi) is 3.19. The summed E-state index contributed by atoms with van der Waals surface area (Å²) in [4.78, 5) is 15.9. The fraction of sp³-hybridized carbons (Fsp3) is 0.286. The van der Waals surface area contributed by atoms with Gasteiger partial charge in [-0.05, 0) is 32.9 Å². The largest absolute Gasteiger partial charge is 0.489 e. The summed E-state index contributed by atoms with van der Waals surface area (Å²) in [6.07, 6.45) is 0.0509. The summed E-state index contributed by atoms with van der Waals surface area (Å²) in [6, 6.07) is 7.21. The van der Waals surface area contributed by atoms with Crippen LogP contribution < -0.4 is 10.5 Å². The number of fused-ring (bicyclic) bond motifs is 1. The highest BCUT2D eigenvalue weighted by Crippen LogP contribution is 2.27. The second-order valence-electron chi connectivity index (χ2n) is 4.49. The van der Waals surface area contributed by atoms with Gasteiger partial charge in [0.15, 0.2) is 0 Å². The Morgan fingerprint density at radius 3 is 2.72 bits per heavy atom. The molecule has 0 unspecified atom stereocenters. The highest BCUT2D eigenvalue weighted by Gasteiger charge is 2.12. The van der Waals surface area contributed by atoms with Crippen LogP contribution in [0.4, 0.5) is 0 Å². The first kappa shape index (κ1) is 12.4. The topological polar surface area (TPSA) is 65.2 Å². The minimum atomic E-state index is -0.452. The zero-order valence-electron chi connectivity index (χ0n) is 10.7. The summed E-state index contributed by atoms with van der Waals surface area (Å²) in [7, 11) is 0. The van der Waals surface area contributed by atoms with Crippen molar-refractivity contribution in [3.63, 3.8) is 0 Å². The molecule has 1 heterocycles. The number of primary amides is 1. The molecule has 0 fully saturated rings. The normalized spacial score (nSPS) is 10.9. The average Bonchev–Trinajstić information content (AvgIpc) is 2.28. The maximum Gasteiger partial charge on any atom is 0.249 e. The smallest absolute Gasteiger partial charge is 0.249 e. The Balaban J connectivity index is 2.73. The molecular weight excluding hydrogens is 228 g/mol. The Morgan fingerprint density at radius 2 is 2.11 bits per heavy atom. The number of amides is 1. The Hall–Kier alpha value is -2.10. The van der Waals surface area contributed by atoms with Gasteiger partial charge in [0, 0.05) is 11.1 Å². The monoisotopic (exact) mass is 244 g/mol. The first-order valence-corrected chi connectivity index (χ1v) is 5.86. The van der Waals surface area contributed by atoms with Crippen LogP contribution in [0.15, 0.2) is 24.3 Å². The van der Waals surface area contributed by atoms with Crippen molar-refractivity contribution in [1.82, 2.24) is 4.98 Å². The predicted molar refractivity (Wildman–Crippen MR) is 70.8 cm³/mol. The van der Waals surface area contributed by atoms with E-state index in [4.69, 9.17) is 10.5 Å². The number of rotatable bonds is 3. The summed E-state index contributed by atoms with van der Waals surface area (Å²) < 4.78 is 5.70. The molecule has 0 aliphatic rings. The van der Waals surface area contributed by atoms with E-state index in [9.17, 15) is 4.79 Å². The Morgan fingerprint density at radius 1 is 1.39 bits per heavy atom. The molecule has 2 N–H and O–H groups in total. The molecule has 0 aliphatic heterocycles. The van der Waals surface area contributed by atoms with Gasteiger partial charge in [-0.15, -0.1) is 0 Å². The molecule has 0 saturated heterocycles. The number of hydrogen-bond donors (Lipinski definition) is 1. The van der Waals surface area contributed by atoms with Gasteiger partial charge in [0.25, 0.3) is 0 Å². The van der Waals surface area contributed by atoms with Crippen LogP contribution in [-0.2, 0) is 0 Å². The molecule has 94 valence electrons. The van der Waals surface area contributed by atoms with Crippen molar-refractivity contribution in [3.8, 4) is 5.75 Å². The van der Waals surface area contributed by atoms with E-state index in [0.717, 1.165) is 11.1 Å². The fourth-order valence-corrected chi connectivity index (χ4v) is 1.90. The number of para-hydroxylation sites is 1. The van der Waals surface area contributed by atoms with Crippen LogP contribution in [0, 0.1) is 6.92 Å². The summed E-state index contributed by atoms with van der Waals surface area (Å²) in [6.45, 7) is 5.73. The first-order chi connectivity index (χ1) is 8.49. The van der Waals surface area contributed by atoms with Crippen LogP contribution >= 0.6 is 0 Å². The lowest BCUT2D eigenvalue weighted by Gasteiger charge is -2.13. The van der Waals surface area contributed by atoms with E-state index < -0.39 is 5.91 Å². The van der Waals surface area contributed by atoms with Gasteiger partial charge in [0.05, 0.1) is 11.7 Å². The number of aryl methyl sites for hydroxylation is 1. The van der Waals surface area contributed by atoms with Gasteiger partial charge in [0.2, 0.25) is 5.91 Å². The SMILES string of the molecule is Cc1cc(C(N)=O)c2cccc(OC(C)C)c2n1. The second kappa shape index (κ2) is 4.64. The average molecular weight is 244 g/mol. The van der Waals surface area contributed by atoms with Gasteiger partial charge in [-0.25, -0.2) is 4.98 Å². The number of aromatic nitrogens is 1. The maximum atomic E-state index is 11.5. The highest BCUT2D eigenvalue weighted by atomic mass is 16.5. The van der Waals surface area contributed by atoms with E-state index in [1.54, 1.807) is 6.07 Å². The molecule has 18 heavy (non-hydrogen) atoms. The van der Waals surface area contributed by atoms with E-state index >= 15 is 0 Å². The van der Waals surface area contributed by atoms with Crippen LogP contribution in [0.1, 0.15) is 29.9 Å². The Bertz CT molecular complexity index is 606. The number of carbonyl (C=O) groups excluding carboxylic acids is 1. The molecule has 0 atom stereocenters. The van der Waals surface area contributed by atoms with Gasteiger partial charge in [-0.3, -0.25) is 4.79 Å². The zero-order chi connectivity index (χ0) is 13.3. The van der Waals surface area contributed by atoms with Gasteiger partial charge in [-0.1, -0.05) is 12.1 Å². The molecule has 4 heteroatoms. The summed E-state index contributed by atoms with van der Waals surface area (Å²) in [5.74, 6) is 0.223. The van der Waals surface area contributed by atoms with E-state index in [1.807, 2.05) is 39.0 Å². The lowest BCUT2D eigenvalue weighted by atomic mass is 10.1. The van der Waals surface area contributed by atoms with Crippen LogP contribution in [0.3, 0.4) is 0 Å². The molecule has 0 spiro atoms. The van der Waals surface area contributed by atoms with E-state index in [-0.39, 0.29) is 6.10 Å². The molecule has 2 aromatic rings. The van der Waals surface area contributed by atoms with Crippen LogP contribution in [-0.4, -0.2) is 17.0 Å². The molecule has 1 amide bonds. The molecule has 2 rings (SSSR count). The third kappa shape index (κ3) is 2.27. The first-order valence-electron chi connectivity index (χ1n) is 5.86. The molecule has 0 saturated carbocycles. The zero-order valence-corrected chi connectivity index (χ0v) is 10.7. The van der Waals surface area contributed by atoms with Crippen LogP contribution in [0.2, 0.25) is 0 Å². The predicted octanol–water partition coefficient (Wildman–Crippen LogP) is 2.43. The van der Waals surface area contributed by atoms with E-state index in [2.05, 4.69) is 4.98 Å². The lowest BCUT2D eigenvalue weighted by Crippen LogP contribution is -2.13. The van der Waals surface area contributed by atoms with Gasteiger partial charge in [-0.2, -0.15) is 0 Å². The summed E-state index contributed by atoms with van der Waals surface area (Å²) in [5.41, 5.74) is 7.30. The number of nitrogens with two attached hydrogens (primary N) is 1. The number of benzene rings is 1. The number of hydrogen-bond acceptors (Lipinski definition) is 3. The standard InChI is InChI=1S/C14H16N2O2/c1-8(2)18-12-6-4-5-10-11(14(15)17)7-9(3)16-13(10)12/h4-8H,1-3H3,(H2,15,17). The van der Waals surface area contributed by atoms with Crippen molar-refractivity contribution in [2.45, 2.75) is 26.9 Å². The maximum absolute atomic E-state index is 11.5. The van der Waals surface area contributed by atoms with Crippen LogP contribution in [0.5, 0.6) is 5.75 Å². The minimum Gasteiger partial charge on any atom is -0.489 e. The van der Waals surface area contributed by atoms with Crippen LogP contribution in [0.25, 0.3) is 10.9 Å². The van der Waals surface area contributed by atoms with E-state index in [1.165, 1.54) is 0 Å². The molecular formula is C14H16N2O2. The second-order valence-corrected chi connectivity index (χ2v) is 4.49. The molecule has 4 nitrogen and oxygen atoms in total. The van der Waals surface area contributed by atoms with Crippen molar-refractivity contribution >= 4 is 16.8 Å². The third-order valence-electron chi connectivity index (χ3n) is 2.56. The third-order valence-corrected chi connectivity index (χ3v) is 2.56. The highest BCUT2D eigenvalue weighted by molar-refractivity contribution is 6.06. The van der Waals surface area contributed by atoms with Crippen molar-refractivity contribution in [2.24, 2.45) is 5.73 Å². The molecule has 1 aromatic heterocycles. The number of carbonyl (C=O) groups is 1. The summed E-state index contributed by atoms with van der Waals surface area (Å²) in [5, 5.41) is 0.728. The van der Waals surface area contributed by atoms with Gasteiger partial charge in [0.1, 0.15) is 11.3 Å². The quantitative estimate of drug-likeness (QED) is 0.901. The fourth-order valence-electron chi connectivity index (χ4n) is 1.90. The van der Waals surface area contributed by atoms with Crippen molar-refractivity contribution in [3.05, 3.63) is 35.5 Å². The molecule has 0 bridgehead atoms. The molecule has 1 aromatic carbocycles. The summed E-state index contributed by atoms with van der Waals surface area (Å²) >= 11 is 0. The van der Waals surface area contributed by atoms with Gasteiger partial charge >= 0.3 is 0 Å². The number of nitrogens with zero attached hydrogens (tertiary/aromatic N) is 1. The van der Waals surface area contributed by atoms with Crippen molar-refractivity contribution in [1.29, 1.82) is 0 Å². The van der Waals surface area contributed by atoms with Gasteiger partial charge < -0.3 is 10.5 Å². The van der Waals surface area contributed by atoms with E-state index in [0.29, 0.717) is 16.8 Å².